The van der Waals surface area contributed by atoms with Crippen LogP contribution >= 0.6 is 0 Å². The Morgan fingerprint density at radius 1 is 1.11 bits per heavy atom. The van der Waals surface area contributed by atoms with Crippen molar-refractivity contribution in [3.63, 3.8) is 0 Å². The van der Waals surface area contributed by atoms with Crippen molar-refractivity contribution >= 4 is 0 Å². The lowest BCUT2D eigenvalue weighted by Gasteiger charge is -2.18. The van der Waals surface area contributed by atoms with E-state index in [-0.39, 0.29) is 0 Å². The van der Waals surface area contributed by atoms with Gasteiger partial charge in [0, 0.05) is 29.9 Å². The third kappa shape index (κ3) is 3.08. The Morgan fingerprint density at radius 3 is 2.11 bits per heavy atom. The highest BCUT2D eigenvalue weighted by atomic mass is 15.0. The molecule has 0 amide bonds. The van der Waals surface area contributed by atoms with Gasteiger partial charge in [-0.3, -0.25) is 0 Å². The molecular formula is C15H25N3. The molecule has 1 heterocycles. The minimum absolute atomic E-state index is 0.399. The Morgan fingerprint density at radius 2 is 1.67 bits per heavy atom. The third-order valence-corrected chi connectivity index (χ3v) is 3.64. The van der Waals surface area contributed by atoms with Crippen molar-refractivity contribution in [2.75, 3.05) is 6.54 Å². The molecule has 1 aromatic rings. The highest BCUT2D eigenvalue weighted by Gasteiger charge is 2.22. The maximum Gasteiger partial charge on any atom is 0.131 e. The zero-order valence-electron chi connectivity index (χ0n) is 12.2. The van der Waals surface area contributed by atoms with Gasteiger partial charge in [-0.1, -0.05) is 20.8 Å². The minimum Gasteiger partial charge on any atom is -0.313 e. The molecule has 1 aliphatic rings. The highest BCUT2D eigenvalue weighted by Crippen LogP contribution is 2.25. The first-order valence-electron chi connectivity index (χ1n) is 7.07. The van der Waals surface area contributed by atoms with Crippen LogP contribution in [0.4, 0.5) is 0 Å². The summed E-state index contributed by atoms with van der Waals surface area (Å²) in [7, 11) is 0. The fraction of sp³-hybridized carbons (Fsp3) is 0.733. The van der Waals surface area contributed by atoms with Gasteiger partial charge < -0.3 is 5.32 Å². The van der Waals surface area contributed by atoms with E-state index < -0.39 is 0 Å². The molecule has 0 aliphatic heterocycles. The van der Waals surface area contributed by atoms with Gasteiger partial charge in [-0.05, 0) is 38.2 Å². The van der Waals surface area contributed by atoms with E-state index in [1.54, 1.807) is 0 Å². The average molecular weight is 247 g/mol. The largest absolute Gasteiger partial charge is 0.313 e. The molecule has 1 N–H and O–H groups in total. The number of aromatic nitrogens is 2. The van der Waals surface area contributed by atoms with Crippen molar-refractivity contribution < 1.29 is 0 Å². The Labute approximate surface area is 110 Å². The van der Waals surface area contributed by atoms with E-state index in [2.05, 4.69) is 49.9 Å². The van der Waals surface area contributed by atoms with Crippen LogP contribution in [-0.2, 0) is 0 Å². The lowest BCUT2D eigenvalue weighted by atomic mass is 9.97. The second kappa shape index (κ2) is 5.35. The van der Waals surface area contributed by atoms with Crippen molar-refractivity contribution in [2.45, 2.75) is 65.3 Å². The molecular weight excluding hydrogens is 222 g/mol. The van der Waals surface area contributed by atoms with Gasteiger partial charge in [-0.25, -0.2) is 9.97 Å². The van der Waals surface area contributed by atoms with E-state index in [0.29, 0.717) is 11.8 Å². The molecule has 2 rings (SSSR count). The molecule has 1 aromatic heterocycles. The second-order valence-corrected chi connectivity index (χ2v) is 5.90. The van der Waals surface area contributed by atoms with Gasteiger partial charge in [0.15, 0.2) is 0 Å². The van der Waals surface area contributed by atoms with Crippen LogP contribution in [0.1, 0.15) is 68.2 Å². The van der Waals surface area contributed by atoms with Crippen LogP contribution in [0.2, 0.25) is 0 Å². The van der Waals surface area contributed by atoms with Gasteiger partial charge >= 0.3 is 0 Å². The van der Waals surface area contributed by atoms with E-state index in [1.165, 1.54) is 18.4 Å². The molecule has 3 nitrogen and oxygen atoms in total. The maximum absolute atomic E-state index is 4.66. The molecule has 0 bridgehead atoms. The second-order valence-electron chi connectivity index (χ2n) is 5.90. The number of rotatable bonds is 5. The predicted molar refractivity (Wildman–Crippen MR) is 75.0 cm³/mol. The van der Waals surface area contributed by atoms with Gasteiger partial charge in [0.1, 0.15) is 5.82 Å². The predicted octanol–water partition coefficient (Wildman–Crippen LogP) is 3.07. The monoisotopic (exact) mass is 247 g/mol. The highest BCUT2D eigenvalue weighted by molar-refractivity contribution is 5.28. The molecule has 0 saturated heterocycles. The molecule has 100 valence electrons. The van der Waals surface area contributed by atoms with E-state index >= 15 is 0 Å². The smallest absolute Gasteiger partial charge is 0.131 e. The molecule has 18 heavy (non-hydrogen) atoms. The quantitative estimate of drug-likeness (QED) is 0.869. The van der Waals surface area contributed by atoms with E-state index in [0.717, 1.165) is 29.8 Å². The molecule has 1 fully saturated rings. The SMILES string of the molecule is Cc1nc(C(C)C)nc(C)c1C(C)CNC1CC1. The molecule has 1 unspecified atom stereocenters. The number of hydrogen-bond donors (Lipinski definition) is 1. The first kappa shape index (κ1) is 13.5. The van der Waals surface area contributed by atoms with Crippen LogP contribution in [0.3, 0.4) is 0 Å². The molecule has 1 saturated carbocycles. The van der Waals surface area contributed by atoms with Crippen molar-refractivity contribution in [2.24, 2.45) is 0 Å². The molecule has 1 aliphatic carbocycles. The van der Waals surface area contributed by atoms with Crippen LogP contribution in [0, 0.1) is 13.8 Å². The maximum atomic E-state index is 4.66. The summed E-state index contributed by atoms with van der Waals surface area (Å²) in [5.74, 6) is 1.86. The first-order valence-corrected chi connectivity index (χ1v) is 7.07. The zero-order chi connectivity index (χ0) is 13.3. The summed E-state index contributed by atoms with van der Waals surface area (Å²) in [5, 5.41) is 3.59. The van der Waals surface area contributed by atoms with Crippen LogP contribution in [0.15, 0.2) is 0 Å². The number of hydrogen-bond acceptors (Lipinski definition) is 3. The number of nitrogens with one attached hydrogen (secondary N) is 1. The fourth-order valence-electron chi connectivity index (χ4n) is 2.46. The van der Waals surface area contributed by atoms with E-state index in [1.807, 2.05) is 0 Å². The van der Waals surface area contributed by atoms with E-state index in [4.69, 9.17) is 0 Å². The third-order valence-electron chi connectivity index (χ3n) is 3.64. The van der Waals surface area contributed by atoms with Crippen molar-refractivity contribution in [3.05, 3.63) is 22.8 Å². The molecule has 3 heteroatoms. The summed E-state index contributed by atoms with van der Waals surface area (Å²) in [6.07, 6.45) is 2.68. The molecule has 1 atom stereocenters. The summed E-state index contributed by atoms with van der Waals surface area (Å²) in [6.45, 7) is 11.8. The molecule has 0 spiro atoms. The molecule has 0 aromatic carbocycles. The van der Waals surface area contributed by atoms with Crippen LogP contribution in [-0.4, -0.2) is 22.6 Å². The average Bonchev–Trinajstić information content (AvgIpc) is 3.08. The Hall–Kier alpha value is -0.960. The minimum atomic E-state index is 0.399. The summed E-state index contributed by atoms with van der Waals surface area (Å²) in [4.78, 5) is 9.32. The summed E-state index contributed by atoms with van der Waals surface area (Å²) >= 11 is 0. The summed E-state index contributed by atoms with van der Waals surface area (Å²) < 4.78 is 0. The molecule has 0 radical (unpaired) electrons. The standard InChI is InChI=1S/C15H25N3/c1-9(2)15-17-11(4)14(12(5)18-15)10(3)8-16-13-6-7-13/h9-10,13,16H,6-8H2,1-5H3. The van der Waals surface area contributed by atoms with Gasteiger partial charge in [0.25, 0.3) is 0 Å². The normalized spacial score (nSPS) is 17.2. The van der Waals surface area contributed by atoms with E-state index in [9.17, 15) is 0 Å². The van der Waals surface area contributed by atoms with Crippen LogP contribution < -0.4 is 5.32 Å². The van der Waals surface area contributed by atoms with Gasteiger partial charge in [-0.2, -0.15) is 0 Å². The summed E-state index contributed by atoms with van der Waals surface area (Å²) in [6, 6.07) is 0.768. The Kier molecular flexibility index (Phi) is 4.00. The lowest BCUT2D eigenvalue weighted by molar-refractivity contribution is 0.599. The Balaban J connectivity index is 2.15. The lowest BCUT2D eigenvalue weighted by Crippen LogP contribution is -2.23. The summed E-state index contributed by atoms with van der Waals surface area (Å²) in [5.41, 5.74) is 3.63. The van der Waals surface area contributed by atoms with Crippen molar-refractivity contribution in [3.8, 4) is 0 Å². The van der Waals surface area contributed by atoms with Gasteiger partial charge in [-0.15, -0.1) is 0 Å². The van der Waals surface area contributed by atoms with Crippen molar-refractivity contribution in [1.82, 2.24) is 15.3 Å². The number of nitrogens with zero attached hydrogens (tertiary/aromatic N) is 2. The first-order chi connectivity index (χ1) is 8.49. The zero-order valence-corrected chi connectivity index (χ0v) is 12.2. The van der Waals surface area contributed by atoms with Crippen molar-refractivity contribution in [1.29, 1.82) is 0 Å². The van der Waals surface area contributed by atoms with Crippen LogP contribution in [0.5, 0.6) is 0 Å². The van der Waals surface area contributed by atoms with Gasteiger partial charge in [0.2, 0.25) is 0 Å². The number of aryl methyl sites for hydroxylation is 2. The van der Waals surface area contributed by atoms with Crippen LogP contribution in [0.25, 0.3) is 0 Å². The van der Waals surface area contributed by atoms with Gasteiger partial charge in [0.05, 0.1) is 0 Å². The topological polar surface area (TPSA) is 37.8 Å². The fourth-order valence-corrected chi connectivity index (χ4v) is 2.46. The Bertz CT molecular complexity index is 399.